The first-order chi connectivity index (χ1) is 17.3. The minimum Gasteiger partial charge on any atom is -0.363 e. The highest BCUT2D eigenvalue weighted by Crippen LogP contribution is 2.28. The molecule has 3 heterocycles. The van der Waals surface area contributed by atoms with Gasteiger partial charge in [-0.3, -0.25) is 14.5 Å². The number of amides is 1. The van der Waals surface area contributed by atoms with Gasteiger partial charge in [0.2, 0.25) is 5.91 Å². The minimum atomic E-state index is -0.00233. The molecule has 0 unspecified atom stereocenters. The Hall–Kier alpha value is -3.45. The van der Waals surface area contributed by atoms with Gasteiger partial charge in [0.05, 0.1) is 5.52 Å². The molecule has 7 nitrogen and oxygen atoms in total. The monoisotopic (exact) mass is 487 g/mol. The fourth-order valence-corrected chi connectivity index (χ4v) is 5.16. The largest absolute Gasteiger partial charge is 0.363 e. The summed E-state index contributed by atoms with van der Waals surface area (Å²) >= 11 is 0. The Morgan fingerprint density at radius 3 is 2.33 bits per heavy atom. The number of nitrogens with one attached hydrogen (secondary N) is 1. The Balaban J connectivity index is 1.46. The molecule has 36 heavy (non-hydrogen) atoms. The van der Waals surface area contributed by atoms with Crippen LogP contribution in [0.5, 0.6) is 0 Å². The lowest BCUT2D eigenvalue weighted by Crippen LogP contribution is -2.49. The van der Waals surface area contributed by atoms with E-state index in [1.54, 1.807) is 10.6 Å². The first kappa shape index (κ1) is 25.6. The quantitative estimate of drug-likeness (QED) is 0.456. The maximum absolute atomic E-state index is 12.4. The molecule has 190 valence electrons. The Morgan fingerprint density at radius 1 is 1.06 bits per heavy atom. The summed E-state index contributed by atoms with van der Waals surface area (Å²) in [7, 11) is 0. The summed E-state index contributed by atoms with van der Waals surface area (Å²) in [4.78, 5) is 33.2. The van der Waals surface area contributed by atoms with Crippen LogP contribution >= 0.6 is 0 Å². The molecule has 0 radical (unpaired) electrons. The van der Waals surface area contributed by atoms with Gasteiger partial charge in [0.25, 0.3) is 5.56 Å². The number of pyridine rings is 2. The molecule has 2 aromatic heterocycles. The van der Waals surface area contributed by atoms with Gasteiger partial charge in [0, 0.05) is 68.0 Å². The van der Waals surface area contributed by atoms with Gasteiger partial charge in [-0.2, -0.15) is 0 Å². The number of benzene rings is 1. The van der Waals surface area contributed by atoms with Crippen molar-refractivity contribution in [2.75, 3.05) is 31.5 Å². The number of nitrogens with zero attached hydrogens (tertiary/aromatic N) is 4. The van der Waals surface area contributed by atoms with Gasteiger partial charge in [-0.25, -0.2) is 4.98 Å². The van der Waals surface area contributed by atoms with Crippen LogP contribution in [-0.4, -0.2) is 51.4 Å². The number of piperazine rings is 1. The van der Waals surface area contributed by atoms with Crippen molar-refractivity contribution in [1.29, 1.82) is 0 Å². The van der Waals surface area contributed by atoms with Crippen LogP contribution < -0.4 is 10.9 Å². The number of anilines is 1. The predicted octanol–water partition coefficient (Wildman–Crippen LogP) is 4.93. The van der Waals surface area contributed by atoms with Crippen LogP contribution in [0.1, 0.15) is 63.4 Å². The van der Waals surface area contributed by atoms with Crippen molar-refractivity contribution in [1.82, 2.24) is 19.4 Å². The zero-order valence-electron chi connectivity index (χ0n) is 21.8. The van der Waals surface area contributed by atoms with E-state index < -0.39 is 0 Å². The number of rotatable bonds is 8. The molecular weight excluding hydrogens is 450 g/mol. The summed E-state index contributed by atoms with van der Waals surface area (Å²) in [5.41, 5.74) is 3.35. The smallest absolute Gasteiger partial charge is 0.251 e. The van der Waals surface area contributed by atoms with Crippen LogP contribution in [0.25, 0.3) is 10.9 Å². The molecule has 1 fully saturated rings. The van der Waals surface area contributed by atoms with Crippen LogP contribution in [0.2, 0.25) is 0 Å². The average Bonchev–Trinajstić information content (AvgIpc) is 2.89. The molecule has 0 aliphatic carbocycles. The fraction of sp³-hybridized carbons (Fsp3) is 0.414. The SMILES string of the molecule is C=CC(=O)N1CCN([C@@H](CC)c2ccc([C@H](C)Nc3cc4c(ccc(=O)n4C(C)C)cn3)cc2)CC1. The summed E-state index contributed by atoms with van der Waals surface area (Å²) in [5.74, 6) is 0.763. The molecule has 1 N–H and O–H groups in total. The fourth-order valence-electron chi connectivity index (χ4n) is 5.16. The second-order valence-corrected chi connectivity index (χ2v) is 9.79. The third-order valence-corrected chi connectivity index (χ3v) is 7.14. The molecule has 3 aromatic rings. The van der Waals surface area contributed by atoms with Crippen LogP contribution in [0.3, 0.4) is 0 Å². The predicted molar refractivity (Wildman–Crippen MR) is 146 cm³/mol. The van der Waals surface area contributed by atoms with Gasteiger partial charge in [-0.15, -0.1) is 0 Å². The lowest BCUT2D eigenvalue weighted by molar-refractivity contribution is -0.128. The second kappa shape index (κ2) is 11.1. The second-order valence-electron chi connectivity index (χ2n) is 9.79. The Labute approximate surface area is 213 Å². The zero-order valence-corrected chi connectivity index (χ0v) is 21.8. The lowest BCUT2D eigenvalue weighted by atomic mass is 9.98. The van der Waals surface area contributed by atoms with E-state index in [4.69, 9.17) is 0 Å². The first-order valence-corrected chi connectivity index (χ1v) is 12.9. The summed E-state index contributed by atoms with van der Waals surface area (Å²) in [6.45, 7) is 15.2. The minimum absolute atomic E-state index is 0.00233. The molecule has 1 aliphatic heterocycles. The standard InChI is InChI=1S/C29H37N5O2/c1-6-25(32-14-16-33(17-15-32)28(35)7-2)23-10-8-22(9-11-23)21(5)31-27-18-26-24(19-30-27)12-13-29(36)34(26)20(3)4/h7-13,18-21,25H,2,6,14-17H2,1,3-5H3,(H,30,31)/t21-,25-/m0/s1. The molecular formula is C29H37N5O2. The van der Waals surface area contributed by atoms with Gasteiger partial charge in [0.15, 0.2) is 0 Å². The van der Waals surface area contributed by atoms with E-state index in [1.165, 1.54) is 17.2 Å². The number of carbonyl (C=O) groups is 1. The number of carbonyl (C=O) groups excluding carboxylic acids is 1. The van der Waals surface area contributed by atoms with E-state index in [0.29, 0.717) is 6.04 Å². The van der Waals surface area contributed by atoms with Crippen molar-refractivity contribution in [3.05, 3.63) is 82.8 Å². The number of aromatic nitrogens is 2. The van der Waals surface area contributed by atoms with E-state index in [2.05, 4.69) is 59.9 Å². The highest BCUT2D eigenvalue weighted by atomic mass is 16.2. The van der Waals surface area contributed by atoms with Crippen molar-refractivity contribution in [3.8, 4) is 0 Å². The molecule has 1 saturated heterocycles. The van der Waals surface area contributed by atoms with Crippen molar-refractivity contribution < 1.29 is 4.79 Å². The van der Waals surface area contributed by atoms with E-state index >= 15 is 0 Å². The molecule has 0 bridgehead atoms. The van der Waals surface area contributed by atoms with Gasteiger partial charge in [-0.05, 0) is 50.5 Å². The molecule has 2 atom stereocenters. The molecule has 1 amide bonds. The Kier molecular flexibility index (Phi) is 7.89. The summed E-state index contributed by atoms with van der Waals surface area (Å²) in [5, 5.41) is 4.45. The normalized spacial score (nSPS) is 16.2. The lowest BCUT2D eigenvalue weighted by Gasteiger charge is -2.39. The van der Waals surface area contributed by atoms with Crippen molar-refractivity contribution in [2.45, 2.75) is 52.2 Å². The van der Waals surface area contributed by atoms with Crippen molar-refractivity contribution in [3.63, 3.8) is 0 Å². The van der Waals surface area contributed by atoms with E-state index in [1.807, 2.05) is 37.1 Å². The first-order valence-electron chi connectivity index (χ1n) is 12.9. The third-order valence-electron chi connectivity index (χ3n) is 7.14. The number of hydrogen-bond donors (Lipinski definition) is 1. The van der Waals surface area contributed by atoms with E-state index in [0.717, 1.165) is 49.3 Å². The number of fused-ring (bicyclic) bond motifs is 1. The molecule has 0 saturated carbocycles. The van der Waals surface area contributed by atoms with Crippen LogP contribution in [0, 0.1) is 0 Å². The topological polar surface area (TPSA) is 70.5 Å². The molecule has 7 heteroatoms. The molecule has 0 spiro atoms. The van der Waals surface area contributed by atoms with Gasteiger partial charge in [0.1, 0.15) is 5.82 Å². The van der Waals surface area contributed by atoms with Gasteiger partial charge >= 0.3 is 0 Å². The summed E-state index contributed by atoms with van der Waals surface area (Å²) in [6, 6.07) is 14.6. The highest BCUT2D eigenvalue weighted by Gasteiger charge is 2.25. The number of hydrogen-bond acceptors (Lipinski definition) is 5. The molecule has 1 aromatic carbocycles. The average molecular weight is 488 g/mol. The maximum atomic E-state index is 12.4. The van der Waals surface area contributed by atoms with Gasteiger partial charge in [-0.1, -0.05) is 37.8 Å². The highest BCUT2D eigenvalue weighted by molar-refractivity contribution is 5.87. The van der Waals surface area contributed by atoms with Crippen LogP contribution in [-0.2, 0) is 4.79 Å². The van der Waals surface area contributed by atoms with Crippen molar-refractivity contribution >= 4 is 22.6 Å². The van der Waals surface area contributed by atoms with E-state index in [-0.39, 0.29) is 23.6 Å². The Morgan fingerprint density at radius 2 is 1.72 bits per heavy atom. The molecule has 1 aliphatic rings. The van der Waals surface area contributed by atoms with Crippen LogP contribution in [0.15, 0.2) is 66.1 Å². The van der Waals surface area contributed by atoms with E-state index in [9.17, 15) is 9.59 Å². The third kappa shape index (κ3) is 5.36. The summed E-state index contributed by atoms with van der Waals surface area (Å²) < 4.78 is 1.81. The Bertz CT molecular complexity index is 1270. The van der Waals surface area contributed by atoms with Crippen molar-refractivity contribution in [2.24, 2.45) is 0 Å². The van der Waals surface area contributed by atoms with Gasteiger partial charge < -0.3 is 14.8 Å². The summed E-state index contributed by atoms with van der Waals surface area (Å²) in [6.07, 6.45) is 4.23. The van der Waals surface area contributed by atoms with Crippen LogP contribution in [0.4, 0.5) is 5.82 Å². The maximum Gasteiger partial charge on any atom is 0.251 e. The zero-order chi connectivity index (χ0) is 25.8. The molecule has 4 rings (SSSR count).